The van der Waals surface area contributed by atoms with E-state index in [1.165, 1.54) is 19.3 Å². The van der Waals surface area contributed by atoms with Crippen molar-refractivity contribution in [1.29, 1.82) is 5.26 Å². The van der Waals surface area contributed by atoms with E-state index in [1.54, 1.807) is 0 Å². The predicted molar refractivity (Wildman–Crippen MR) is 84.3 cm³/mol. The molecule has 5 nitrogen and oxygen atoms in total. The minimum atomic E-state index is 0.199. The minimum Gasteiger partial charge on any atom is -0.366 e. The molecule has 1 aliphatic rings. The van der Waals surface area contributed by atoms with Crippen molar-refractivity contribution in [2.24, 2.45) is 0 Å². The van der Waals surface area contributed by atoms with Crippen molar-refractivity contribution in [3.05, 3.63) is 16.8 Å². The lowest BCUT2D eigenvalue weighted by Crippen LogP contribution is -2.54. The summed E-state index contributed by atoms with van der Waals surface area (Å²) in [5.41, 5.74) is 2.83. The van der Waals surface area contributed by atoms with Crippen LogP contribution in [0, 0.1) is 11.3 Å². The van der Waals surface area contributed by atoms with Crippen LogP contribution in [0.25, 0.3) is 0 Å². The average molecular weight is 287 g/mol. The van der Waals surface area contributed by atoms with Crippen LogP contribution in [0.5, 0.6) is 0 Å². The van der Waals surface area contributed by atoms with Gasteiger partial charge in [0.2, 0.25) is 0 Å². The number of nitrogens with zero attached hydrogens (tertiary/aromatic N) is 4. The van der Waals surface area contributed by atoms with Crippen molar-refractivity contribution in [2.75, 3.05) is 26.0 Å². The maximum Gasteiger partial charge on any atom is 0.167 e. The maximum absolute atomic E-state index is 9.49. The molecular weight excluding hydrogens is 262 g/mol. The third kappa shape index (κ3) is 2.86. The molecule has 2 rings (SSSR count). The zero-order valence-corrected chi connectivity index (χ0v) is 13.5. The van der Waals surface area contributed by atoms with E-state index >= 15 is 0 Å². The SMILES string of the molecule is CCc1nnc(NCC2(N(C)C)CCC2)c(C#N)c1CC. The van der Waals surface area contributed by atoms with Gasteiger partial charge >= 0.3 is 0 Å². The highest BCUT2D eigenvalue weighted by Crippen LogP contribution is 2.36. The summed E-state index contributed by atoms with van der Waals surface area (Å²) in [6.45, 7) is 4.93. The molecule has 1 heterocycles. The second-order valence-corrected chi connectivity index (χ2v) is 5.99. The Kier molecular flexibility index (Phi) is 4.79. The molecule has 1 saturated carbocycles. The van der Waals surface area contributed by atoms with Gasteiger partial charge in [0, 0.05) is 12.1 Å². The van der Waals surface area contributed by atoms with E-state index in [9.17, 15) is 5.26 Å². The van der Waals surface area contributed by atoms with Crippen molar-refractivity contribution in [3.63, 3.8) is 0 Å². The summed E-state index contributed by atoms with van der Waals surface area (Å²) in [5.74, 6) is 0.639. The highest BCUT2D eigenvalue weighted by molar-refractivity contribution is 5.56. The highest BCUT2D eigenvalue weighted by atomic mass is 15.2. The number of rotatable bonds is 6. The Hall–Kier alpha value is -1.67. The largest absolute Gasteiger partial charge is 0.366 e. The standard InChI is InChI=1S/C16H25N5/c1-5-12-13(10-17)15(20-19-14(12)6-2)18-11-16(21(3)4)8-7-9-16/h5-9,11H2,1-4H3,(H,18,20). The van der Waals surface area contributed by atoms with Gasteiger partial charge in [-0.2, -0.15) is 10.4 Å². The van der Waals surface area contributed by atoms with Gasteiger partial charge in [-0.3, -0.25) is 0 Å². The van der Waals surface area contributed by atoms with Crippen LogP contribution in [0.1, 0.15) is 49.9 Å². The number of aromatic nitrogens is 2. The molecule has 0 saturated heterocycles. The minimum absolute atomic E-state index is 0.199. The predicted octanol–water partition coefficient (Wildman–Crippen LogP) is 2.37. The molecule has 0 aromatic carbocycles. The summed E-state index contributed by atoms with van der Waals surface area (Å²) in [6, 6.07) is 2.31. The van der Waals surface area contributed by atoms with Crippen LogP contribution in [0.4, 0.5) is 5.82 Å². The van der Waals surface area contributed by atoms with Gasteiger partial charge in [-0.25, -0.2) is 0 Å². The van der Waals surface area contributed by atoms with Crippen molar-refractivity contribution >= 4 is 5.82 Å². The van der Waals surface area contributed by atoms with Crippen LogP contribution in [-0.4, -0.2) is 41.3 Å². The number of hydrogen-bond donors (Lipinski definition) is 1. The highest BCUT2D eigenvalue weighted by Gasteiger charge is 2.39. The Bertz CT molecular complexity index is 540. The Morgan fingerprint density at radius 1 is 1.24 bits per heavy atom. The molecule has 0 bridgehead atoms. The van der Waals surface area contributed by atoms with Crippen molar-refractivity contribution in [3.8, 4) is 6.07 Å². The quantitative estimate of drug-likeness (QED) is 0.870. The van der Waals surface area contributed by atoms with Crippen molar-refractivity contribution < 1.29 is 0 Å². The average Bonchev–Trinajstić information content (AvgIpc) is 2.44. The first-order valence-corrected chi connectivity index (χ1v) is 7.77. The van der Waals surface area contributed by atoms with Crippen LogP contribution in [0.15, 0.2) is 0 Å². The fourth-order valence-electron chi connectivity index (χ4n) is 3.03. The smallest absolute Gasteiger partial charge is 0.167 e. The van der Waals surface area contributed by atoms with Gasteiger partial charge in [0.15, 0.2) is 5.82 Å². The number of nitriles is 1. The van der Waals surface area contributed by atoms with E-state index in [-0.39, 0.29) is 5.54 Å². The van der Waals surface area contributed by atoms with Crippen LogP contribution >= 0.6 is 0 Å². The molecule has 1 aromatic rings. The zero-order valence-electron chi connectivity index (χ0n) is 13.5. The van der Waals surface area contributed by atoms with E-state index in [2.05, 4.69) is 47.5 Å². The van der Waals surface area contributed by atoms with Gasteiger partial charge in [-0.15, -0.1) is 5.10 Å². The third-order valence-corrected chi connectivity index (χ3v) is 4.78. The molecular formula is C16H25N5. The first-order valence-electron chi connectivity index (χ1n) is 7.77. The normalized spacial score (nSPS) is 16.4. The molecule has 1 fully saturated rings. The lowest BCUT2D eigenvalue weighted by atomic mass is 9.75. The van der Waals surface area contributed by atoms with Crippen molar-refractivity contribution in [2.45, 2.75) is 51.5 Å². The molecule has 0 atom stereocenters. The number of hydrogen-bond acceptors (Lipinski definition) is 5. The molecule has 5 heteroatoms. The second-order valence-electron chi connectivity index (χ2n) is 5.99. The van der Waals surface area contributed by atoms with Gasteiger partial charge in [-0.05, 0) is 51.8 Å². The summed E-state index contributed by atoms with van der Waals surface area (Å²) in [7, 11) is 4.24. The molecule has 0 spiro atoms. The van der Waals surface area contributed by atoms with Crippen LogP contribution < -0.4 is 5.32 Å². The molecule has 114 valence electrons. The topological polar surface area (TPSA) is 64.8 Å². The zero-order chi connectivity index (χ0) is 15.5. The van der Waals surface area contributed by atoms with E-state index in [0.717, 1.165) is 30.6 Å². The molecule has 0 aliphatic heterocycles. The Morgan fingerprint density at radius 3 is 2.38 bits per heavy atom. The van der Waals surface area contributed by atoms with Crippen molar-refractivity contribution in [1.82, 2.24) is 15.1 Å². The molecule has 0 amide bonds. The van der Waals surface area contributed by atoms with E-state index in [0.29, 0.717) is 11.4 Å². The first-order chi connectivity index (χ1) is 10.1. The molecule has 0 unspecified atom stereocenters. The van der Waals surface area contributed by atoms with Crippen LogP contribution in [0.2, 0.25) is 0 Å². The summed E-state index contributed by atoms with van der Waals surface area (Å²) < 4.78 is 0. The second kappa shape index (κ2) is 6.40. The monoisotopic (exact) mass is 287 g/mol. The fraction of sp³-hybridized carbons (Fsp3) is 0.688. The maximum atomic E-state index is 9.49. The molecule has 21 heavy (non-hydrogen) atoms. The van der Waals surface area contributed by atoms with Crippen LogP contribution in [-0.2, 0) is 12.8 Å². The number of aryl methyl sites for hydroxylation is 1. The first kappa shape index (κ1) is 15.7. The third-order valence-electron chi connectivity index (χ3n) is 4.78. The summed E-state index contributed by atoms with van der Waals surface area (Å²) in [4.78, 5) is 2.28. The van der Waals surface area contributed by atoms with Gasteiger partial charge in [-0.1, -0.05) is 13.8 Å². The fourth-order valence-corrected chi connectivity index (χ4v) is 3.03. The molecule has 1 aliphatic carbocycles. The number of nitrogens with one attached hydrogen (secondary N) is 1. The molecule has 1 aromatic heterocycles. The Labute approximate surface area is 127 Å². The summed E-state index contributed by atoms with van der Waals surface area (Å²) in [5, 5.41) is 21.4. The van der Waals surface area contributed by atoms with Crippen LogP contribution in [0.3, 0.4) is 0 Å². The van der Waals surface area contributed by atoms with Gasteiger partial charge in [0.25, 0.3) is 0 Å². The summed E-state index contributed by atoms with van der Waals surface area (Å²) >= 11 is 0. The number of anilines is 1. The Morgan fingerprint density at radius 2 is 1.95 bits per heavy atom. The van der Waals surface area contributed by atoms with E-state index in [1.807, 2.05) is 6.92 Å². The van der Waals surface area contributed by atoms with Gasteiger partial charge in [0.05, 0.1) is 5.69 Å². The lowest BCUT2D eigenvalue weighted by molar-refractivity contribution is 0.0738. The Balaban J connectivity index is 2.23. The van der Waals surface area contributed by atoms with Gasteiger partial charge < -0.3 is 10.2 Å². The summed E-state index contributed by atoms with van der Waals surface area (Å²) in [6.07, 6.45) is 5.28. The number of likely N-dealkylation sites (N-methyl/N-ethyl adjacent to an activating group) is 1. The molecule has 1 N–H and O–H groups in total. The molecule has 0 radical (unpaired) electrons. The van der Waals surface area contributed by atoms with Gasteiger partial charge in [0.1, 0.15) is 11.6 Å². The lowest BCUT2D eigenvalue weighted by Gasteiger charge is -2.47. The van der Waals surface area contributed by atoms with E-state index < -0.39 is 0 Å². The van der Waals surface area contributed by atoms with E-state index in [4.69, 9.17) is 0 Å².